The molecular formula is C20H22N4. The lowest BCUT2D eigenvalue weighted by Gasteiger charge is -2.15. The second kappa shape index (κ2) is 7.59. The molecule has 3 rings (SSSR count). The van der Waals surface area contributed by atoms with Gasteiger partial charge in [-0.05, 0) is 25.0 Å². The summed E-state index contributed by atoms with van der Waals surface area (Å²) in [5, 5.41) is 6.77. The van der Waals surface area contributed by atoms with Crippen LogP contribution in [0.4, 0.5) is 11.6 Å². The lowest BCUT2D eigenvalue weighted by atomic mass is 10.1. The summed E-state index contributed by atoms with van der Waals surface area (Å²) in [6.45, 7) is 4.96. The molecule has 3 aromatic rings. The number of rotatable bonds is 6. The van der Waals surface area contributed by atoms with E-state index in [0.717, 1.165) is 18.2 Å². The van der Waals surface area contributed by atoms with Crippen LogP contribution < -0.4 is 10.6 Å². The van der Waals surface area contributed by atoms with Gasteiger partial charge in [-0.15, -0.1) is 0 Å². The van der Waals surface area contributed by atoms with Crippen LogP contribution in [0.25, 0.3) is 0 Å². The van der Waals surface area contributed by atoms with Gasteiger partial charge >= 0.3 is 0 Å². The SMILES string of the molecule is Cc1cccc(CNc2cc(NC(C)c3ccccc3)ncn2)c1. The van der Waals surface area contributed by atoms with Crippen LogP contribution in [-0.4, -0.2) is 9.97 Å². The number of nitrogens with one attached hydrogen (secondary N) is 2. The fraction of sp³-hybridized carbons (Fsp3) is 0.200. The highest BCUT2D eigenvalue weighted by Crippen LogP contribution is 2.19. The van der Waals surface area contributed by atoms with Crippen molar-refractivity contribution in [2.24, 2.45) is 0 Å². The van der Waals surface area contributed by atoms with Gasteiger partial charge in [-0.1, -0.05) is 60.2 Å². The summed E-state index contributed by atoms with van der Waals surface area (Å²) >= 11 is 0. The first kappa shape index (κ1) is 16.0. The molecule has 2 N–H and O–H groups in total. The fourth-order valence-electron chi connectivity index (χ4n) is 2.59. The van der Waals surface area contributed by atoms with E-state index in [1.54, 1.807) is 6.33 Å². The lowest BCUT2D eigenvalue weighted by molar-refractivity contribution is 0.871. The van der Waals surface area contributed by atoms with Crippen molar-refractivity contribution >= 4 is 11.6 Å². The highest BCUT2D eigenvalue weighted by molar-refractivity contribution is 5.48. The maximum absolute atomic E-state index is 4.31. The predicted octanol–water partition coefficient (Wildman–Crippen LogP) is 4.57. The molecule has 0 bridgehead atoms. The third-order valence-electron chi connectivity index (χ3n) is 3.89. The smallest absolute Gasteiger partial charge is 0.131 e. The van der Waals surface area contributed by atoms with Crippen LogP contribution in [-0.2, 0) is 6.54 Å². The summed E-state index contributed by atoms with van der Waals surface area (Å²) in [7, 11) is 0. The van der Waals surface area contributed by atoms with Crippen LogP contribution in [0.5, 0.6) is 0 Å². The summed E-state index contributed by atoms with van der Waals surface area (Å²) in [4.78, 5) is 8.61. The molecule has 0 aliphatic heterocycles. The zero-order valence-electron chi connectivity index (χ0n) is 14.0. The van der Waals surface area contributed by atoms with E-state index in [2.05, 4.69) is 70.8 Å². The van der Waals surface area contributed by atoms with Gasteiger partial charge in [0.1, 0.15) is 18.0 Å². The van der Waals surface area contributed by atoms with Gasteiger partial charge in [0.05, 0.1) is 0 Å². The minimum absolute atomic E-state index is 0.186. The van der Waals surface area contributed by atoms with Gasteiger partial charge in [0.15, 0.2) is 0 Å². The molecule has 1 heterocycles. The Bertz CT molecular complexity index is 786. The average Bonchev–Trinajstić information content (AvgIpc) is 2.61. The van der Waals surface area contributed by atoms with Crippen LogP contribution in [0.15, 0.2) is 67.0 Å². The molecule has 24 heavy (non-hydrogen) atoms. The molecular weight excluding hydrogens is 296 g/mol. The van der Waals surface area contributed by atoms with Crippen molar-refractivity contribution in [1.29, 1.82) is 0 Å². The minimum atomic E-state index is 0.186. The third-order valence-corrected chi connectivity index (χ3v) is 3.89. The van der Waals surface area contributed by atoms with Crippen LogP contribution in [0, 0.1) is 6.92 Å². The summed E-state index contributed by atoms with van der Waals surface area (Å²) in [5.74, 6) is 1.63. The normalized spacial score (nSPS) is 11.8. The van der Waals surface area contributed by atoms with E-state index in [4.69, 9.17) is 0 Å². The van der Waals surface area contributed by atoms with Crippen molar-refractivity contribution < 1.29 is 0 Å². The molecule has 0 radical (unpaired) electrons. The lowest BCUT2D eigenvalue weighted by Crippen LogP contribution is -2.09. The summed E-state index contributed by atoms with van der Waals surface area (Å²) < 4.78 is 0. The predicted molar refractivity (Wildman–Crippen MR) is 99.0 cm³/mol. The van der Waals surface area contributed by atoms with Crippen molar-refractivity contribution in [2.75, 3.05) is 10.6 Å². The number of hydrogen-bond acceptors (Lipinski definition) is 4. The van der Waals surface area contributed by atoms with Gasteiger partial charge in [-0.2, -0.15) is 0 Å². The van der Waals surface area contributed by atoms with Crippen molar-refractivity contribution in [2.45, 2.75) is 26.4 Å². The molecule has 4 nitrogen and oxygen atoms in total. The summed E-state index contributed by atoms with van der Waals surface area (Å²) in [6, 6.07) is 20.9. The first-order valence-corrected chi connectivity index (χ1v) is 8.13. The van der Waals surface area contributed by atoms with Crippen LogP contribution in [0.2, 0.25) is 0 Å². The zero-order valence-corrected chi connectivity index (χ0v) is 14.0. The van der Waals surface area contributed by atoms with Crippen LogP contribution >= 0.6 is 0 Å². The number of aromatic nitrogens is 2. The maximum Gasteiger partial charge on any atom is 0.131 e. The van der Waals surface area contributed by atoms with E-state index in [1.165, 1.54) is 16.7 Å². The van der Waals surface area contributed by atoms with E-state index in [0.29, 0.717) is 0 Å². The van der Waals surface area contributed by atoms with E-state index in [1.807, 2.05) is 24.3 Å². The quantitative estimate of drug-likeness (QED) is 0.699. The van der Waals surface area contributed by atoms with E-state index < -0.39 is 0 Å². The highest BCUT2D eigenvalue weighted by Gasteiger charge is 2.06. The van der Waals surface area contributed by atoms with Gasteiger partial charge in [-0.25, -0.2) is 9.97 Å². The molecule has 2 aromatic carbocycles. The largest absolute Gasteiger partial charge is 0.366 e. The molecule has 0 spiro atoms. The van der Waals surface area contributed by atoms with Crippen molar-refractivity contribution in [3.05, 3.63) is 83.7 Å². The van der Waals surface area contributed by atoms with E-state index in [-0.39, 0.29) is 6.04 Å². The number of anilines is 2. The second-order valence-electron chi connectivity index (χ2n) is 5.91. The van der Waals surface area contributed by atoms with Crippen molar-refractivity contribution in [1.82, 2.24) is 9.97 Å². The molecule has 1 atom stereocenters. The molecule has 1 unspecified atom stereocenters. The monoisotopic (exact) mass is 318 g/mol. The van der Waals surface area contributed by atoms with Crippen LogP contribution in [0.3, 0.4) is 0 Å². The Kier molecular flexibility index (Phi) is 5.06. The van der Waals surface area contributed by atoms with Gasteiger partial charge in [0.25, 0.3) is 0 Å². The van der Waals surface area contributed by atoms with E-state index >= 15 is 0 Å². The third kappa shape index (κ3) is 4.32. The number of benzene rings is 2. The Hall–Kier alpha value is -2.88. The Morgan fingerprint density at radius 2 is 1.71 bits per heavy atom. The van der Waals surface area contributed by atoms with Crippen molar-refractivity contribution in [3.63, 3.8) is 0 Å². The summed E-state index contributed by atoms with van der Waals surface area (Å²) in [6.07, 6.45) is 1.58. The molecule has 1 aromatic heterocycles. The first-order valence-electron chi connectivity index (χ1n) is 8.13. The summed E-state index contributed by atoms with van der Waals surface area (Å²) in [5.41, 5.74) is 3.72. The van der Waals surface area contributed by atoms with E-state index in [9.17, 15) is 0 Å². The number of hydrogen-bond donors (Lipinski definition) is 2. The van der Waals surface area contributed by atoms with Crippen LogP contribution in [0.1, 0.15) is 29.7 Å². The molecule has 0 amide bonds. The molecule has 0 saturated heterocycles. The first-order chi connectivity index (χ1) is 11.7. The van der Waals surface area contributed by atoms with Gasteiger partial charge in [0, 0.05) is 18.7 Å². The zero-order chi connectivity index (χ0) is 16.8. The molecule has 0 aliphatic rings. The Morgan fingerprint density at radius 3 is 2.50 bits per heavy atom. The Morgan fingerprint density at radius 1 is 0.917 bits per heavy atom. The Balaban J connectivity index is 1.63. The Labute approximate surface area is 143 Å². The number of nitrogens with zero attached hydrogens (tertiary/aromatic N) is 2. The molecule has 122 valence electrons. The van der Waals surface area contributed by atoms with Crippen molar-refractivity contribution in [3.8, 4) is 0 Å². The second-order valence-corrected chi connectivity index (χ2v) is 5.91. The van der Waals surface area contributed by atoms with Gasteiger partial charge < -0.3 is 10.6 Å². The maximum atomic E-state index is 4.31. The molecule has 0 fully saturated rings. The van der Waals surface area contributed by atoms with Gasteiger partial charge in [-0.3, -0.25) is 0 Å². The molecule has 0 aliphatic carbocycles. The fourth-order valence-corrected chi connectivity index (χ4v) is 2.59. The number of aryl methyl sites for hydroxylation is 1. The molecule has 4 heteroatoms. The molecule has 0 saturated carbocycles. The topological polar surface area (TPSA) is 49.8 Å². The standard InChI is InChI=1S/C20H22N4/c1-15-7-6-8-17(11-15)13-21-19-12-20(23-14-22-19)24-16(2)18-9-4-3-5-10-18/h3-12,14,16H,13H2,1-2H3,(H2,21,22,23,24). The average molecular weight is 318 g/mol. The minimum Gasteiger partial charge on any atom is -0.366 e. The highest BCUT2D eigenvalue weighted by atomic mass is 15.1. The van der Waals surface area contributed by atoms with Gasteiger partial charge in [0.2, 0.25) is 0 Å².